The summed E-state index contributed by atoms with van der Waals surface area (Å²) in [6.07, 6.45) is 0.949. The number of aliphatic imine (C=N–C) groups is 1. The molecule has 0 radical (unpaired) electrons. The van der Waals surface area contributed by atoms with Crippen molar-refractivity contribution in [3.05, 3.63) is 47.4 Å². The average Bonchev–Trinajstić information content (AvgIpc) is 2.30. The Morgan fingerprint density at radius 2 is 2.12 bits per heavy atom. The van der Waals surface area contributed by atoms with Gasteiger partial charge in [-0.2, -0.15) is 0 Å². The van der Waals surface area contributed by atoms with Crippen LogP contribution in [0.2, 0.25) is 0 Å². The SMILES string of the molecule is C=C(C)SC1=NPCC(c2ccccc2)=N1. The Hall–Kier alpha value is -0.920. The topological polar surface area (TPSA) is 24.7 Å². The monoisotopic (exact) mass is 248 g/mol. The molecule has 0 spiro atoms. The van der Waals surface area contributed by atoms with E-state index >= 15 is 0 Å². The van der Waals surface area contributed by atoms with Crippen LogP contribution in [0.3, 0.4) is 0 Å². The Balaban J connectivity index is 2.21. The van der Waals surface area contributed by atoms with Gasteiger partial charge in [0.05, 0.1) is 5.71 Å². The third-order valence-electron chi connectivity index (χ3n) is 2.02. The van der Waals surface area contributed by atoms with Crippen LogP contribution in [0, 0.1) is 0 Å². The van der Waals surface area contributed by atoms with Gasteiger partial charge in [-0.25, -0.2) is 9.76 Å². The van der Waals surface area contributed by atoms with Crippen LogP contribution in [-0.2, 0) is 0 Å². The molecule has 0 saturated carbocycles. The van der Waals surface area contributed by atoms with Crippen LogP contribution in [0.25, 0.3) is 0 Å². The van der Waals surface area contributed by atoms with Crippen molar-refractivity contribution >= 4 is 31.4 Å². The molecular formula is C12H13N2PS. The van der Waals surface area contributed by atoms with E-state index in [0.29, 0.717) is 8.73 Å². The molecule has 4 heteroatoms. The number of amidine groups is 1. The molecule has 0 N–H and O–H groups in total. The average molecular weight is 248 g/mol. The van der Waals surface area contributed by atoms with Crippen molar-refractivity contribution in [2.24, 2.45) is 9.76 Å². The molecule has 1 aromatic rings. The summed E-state index contributed by atoms with van der Waals surface area (Å²) in [6, 6.07) is 10.3. The molecule has 0 saturated heterocycles. The van der Waals surface area contributed by atoms with Crippen molar-refractivity contribution in [1.29, 1.82) is 0 Å². The minimum absolute atomic E-state index is 0.583. The molecule has 16 heavy (non-hydrogen) atoms. The van der Waals surface area contributed by atoms with Crippen LogP contribution in [0.1, 0.15) is 12.5 Å². The maximum atomic E-state index is 4.57. The van der Waals surface area contributed by atoms with Crippen molar-refractivity contribution in [3.63, 3.8) is 0 Å². The highest BCUT2D eigenvalue weighted by Crippen LogP contribution is 2.27. The second kappa shape index (κ2) is 5.42. The number of hydrogen-bond acceptors (Lipinski definition) is 3. The van der Waals surface area contributed by atoms with Gasteiger partial charge in [0.1, 0.15) is 0 Å². The maximum absolute atomic E-state index is 4.57. The lowest BCUT2D eigenvalue weighted by Gasteiger charge is -2.11. The van der Waals surface area contributed by atoms with Crippen LogP contribution in [0.4, 0.5) is 0 Å². The van der Waals surface area contributed by atoms with E-state index in [1.807, 2.05) is 25.1 Å². The van der Waals surface area contributed by atoms with E-state index in [4.69, 9.17) is 0 Å². The zero-order valence-electron chi connectivity index (χ0n) is 9.10. The molecule has 1 aliphatic heterocycles. The van der Waals surface area contributed by atoms with Crippen molar-refractivity contribution in [2.75, 3.05) is 6.16 Å². The second-order valence-corrected chi connectivity index (χ2v) is 5.62. The standard InChI is InChI=1S/C12H13N2PS/c1-9(2)16-12-13-11(8-15-14-12)10-6-4-3-5-7-10/h3-7,15H,1,8H2,2H3. The van der Waals surface area contributed by atoms with Crippen LogP contribution >= 0.6 is 20.5 Å². The molecule has 0 fully saturated rings. The number of rotatable bonds is 2. The number of allylic oxidation sites excluding steroid dienone is 1. The molecule has 1 aliphatic rings. The molecular weight excluding hydrogens is 235 g/mol. The summed E-state index contributed by atoms with van der Waals surface area (Å²) in [6.45, 7) is 5.84. The number of thioether (sulfide) groups is 1. The predicted molar refractivity (Wildman–Crippen MR) is 76.0 cm³/mol. The smallest absolute Gasteiger partial charge is 0.191 e. The van der Waals surface area contributed by atoms with Gasteiger partial charge in [-0.05, 0) is 17.4 Å². The fourth-order valence-corrected chi connectivity index (χ4v) is 2.90. The molecule has 0 aliphatic carbocycles. The molecule has 2 nitrogen and oxygen atoms in total. The lowest BCUT2D eigenvalue weighted by molar-refractivity contribution is 1.54. The highest BCUT2D eigenvalue weighted by Gasteiger charge is 2.10. The lowest BCUT2D eigenvalue weighted by atomic mass is 10.1. The van der Waals surface area contributed by atoms with Gasteiger partial charge in [-0.3, -0.25) is 0 Å². The van der Waals surface area contributed by atoms with E-state index in [1.54, 1.807) is 11.8 Å². The fraction of sp³-hybridized carbons (Fsp3) is 0.167. The van der Waals surface area contributed by atoms with Crippen LogP contribution in [0.5, 0.6) is 0 Å². The molecule has 1 heterocycles. The fourth-order valence-electron chi connectivity index (χ4n) is 1.36. The summed E-state index contributed by atoms with van der Waals surface area (Å²) in [5.41, 5.74) is 2.34. The van der Waals surface area contributed by atoms with Gasteiger partial charge in [0.15, 0.2) is 5.17 Å². The first kappa shape index (κ1) is 11.6. The van der Waals surface area contributed by atoms with Crippen molar-refractivity contribution < 1.29 is 0 Å². The lowest BCUT2D eigenvalue weighted by Crippen LogP contribution is -2.09. The van der Waals surface area contributed by atoms with Gasteiger partial charge in [-0.15, -0.1) is 0 Å². The van der Waals surface area contributed by atoms with Gasteiger partial charge in [0.25, 0.3) is 0 Å². The minimum atomic E-state index is 0.583. The van der Waals surface area contributed by atoms with Crippen LogP contribution in [-0.4, -0.2) is 17.0 Å². The van der Waals surface area contributed by atoms with E-state index in [-0.39, 0.29) is 0 Å². The normalized spacial score (nSPS) is 16.8. The molecule has 1 unspecified atom stereocenters. The zero-order chi connectivity index (χ0) is 11.4. The quantitative estimate of drug-likeness (QED) is 0.732. The third-order valence-corrected chi connectivity index (χ3v) is 3.76. The molecule has 0 bridgehead atoms. The van der Waals surface area contributed by atoms with E-state index in [2.05, 4.69) is 28.5 Å². The van der Waals surface area contributed by atoms with E-state index in [9.17, 15) is 0 Å². The minimum Gasteiger partial charge on any atom is -0.239 e. The van der Waals surface area contributed by atoms with Gasteiger partial charge in [0.2, 0.25) is 0 Å². The van der Waals surface area contributed by atoms with E-state index < -0.39 is 0 Å². The van der Waals surface area contributed by atoms with E-state index in [0.717, 1.165) is 21.9 Å². The first-order chi connectivity index (χ1) is 7.75. The largest absolute Gasteiger partial charge is 0.239 e. The predicted octanol–water partition coefficient (Wildman–Crippen LogP) is 3.71. The Labute approximate surface area is 102 Å². The summed E-state index contributed by atoms with van der Waals surface area (Å²) in [5.74, 6) is 0. The Kier molecular flexibility index (Phi) is 3.92. The summed E-state index contributed by atoms with van der Waals surface area (Å²) in [4.78, 5) is 5.60. The molecule has 1 aromatic carbocycles. The number of nitrogens with zero attached hydrogens (tertiary/aromatic N) is 2. The number of benzene rings is 1. The second-order valence-electron chi connectivity index (χ2n) is 3.46. The summed E-state index contributed by atoms with van der Waals surface area (Å²) in [7, 11) is 0.583. The highest BCUT2D eigenvalue weighted by atomic mass is 32.2. The maximum Gasteiger partial charge on any atom is 0.191 e. The zero-order valence-corrected chi connectivity index (χ0v) is 10.9. The van der Waals surface area contributed by atoms with Crippen molar-refractivity contribution in [2.45, 2.75) is 6.92 Å². The Bertz CT molecular complexity index is 451. The van der Waals surface area contributed by atoms with Crippen molar-refractivity contribution in [3.8, 4) is 0 Å². The summed E-state index contributed by atoms with van der Waals surface area (Å²) >= 11 is 1.55. The molecule has 2 rings (SSSR count). The van der Waals surface area contributed by atoms with Crippen LogP contribution < -0.4 is 0 Å². The number of hydrogen-bond donors (Lipinski definition) is 0. The molecule has 0 amide bonds. The molecule has 1 atom stereocenters. The Morgan fingerprint density at radius 1 is 1.38 bits per heavy atom. The summed E-state index contributed by atoms with van der Waals surface area (Å²) < 4.78 is 4.40. The van der Waals surface area contributed by atoms with Crippen molar-refractivity contribution in [1.82, 2.24) is 0 Å². The molecule has 82 valence electrons. The summed E-state index contributed by atoms with van der Waals surface area (Å²) in [5, 5.41) is 0.843. The van der Waals surface area contributed by atoms with E-state index in [1.165, 1.54) is 5.56 Å². The molecule has 0 aromatic heterocycles. The van der Waals surface area contributed by atoms with Gasteiger partial charge in [0, 0.05) is 14.9 Å². The first-order valence-corrected chi connectivity index (χ1v) is 6.99. The van der Waals surface area contributed by atoms with Gasteiger partial charge >= 0.3 is 0 Å². The Morgan fingerprint density at radius 3 is 2.81 bits per heavy atom. The van der Waals surface area contributed by atoms with Crippen LogP contribution in [0.15, 0.2) is 51.6 Å². The highest BCUT2D eigenvalue weighted by molar-refractivity contribution is 8.17. The van der Waals surface area contributed by atoms with Gasteiger partial charge < -0.3 is 0 Å². The first-order valence-electron chi connectivity index (χ1n) is 5.02. The third kappa shape index (κ3) is 3.03. The van der Waals surface area contributed by atoms with Gasteiger partial charge in [-0.1, -0.05) is 48.7 Å².